The Bertz CT molecular complexity index is 574. The molecule has 6 nitrogen and oxygen atoms in total. The van der Waals surface area contributed by atoms with Crippen LogP contribution < -0.4 is 0 Å². The van der Waals surface area contributed by atoms with Crippen LogP contribution in [0.5, 0.6) is 0 Å². The quantitative estimate of drug-likeness (QED) is 0.513. The maximum atomic E-state index is 11.1. The molecule has 0 radical (unpaired) electrons. The Morgan fingerprint density at radius 3 is 2.00 bits per heavy atom. The van der Waals surface area contributed by atoms with Crippen LogP contribution in [0.2, 0.25) is 0 Å². The maximum absolute atomic E-state index is 11.1. The van der Waals surface area contributed by atoms with Gasteiger partial charge in [0, 0.05) is 6.92 Å². The van der Waals surface area contributed by atoms with Gasteiger partial charge < -0.3 is 5.21 Å². The van der Waals surface area contributed by atoms with Crippen LogP contribution in [-0.4, -0.2) is 33.1 Å². The third-order valence-corrected chi connectivity index (χ3v) is 2.47. The highest BCUT2D eigenvalue weighted by atomic mass is 16.4. The van der Waals surface area contributed by atoms with Crippen LogP contribution >= 0.6 is 0 Å². The molecule has 0 bridgehead atoms. The Kier molecular flexibility index (Phi) is 5.05. The number of oxime groups is 1. The van der Waals surface area contributed by atoms with Gasteiger partial charge in [0.05, 0.1) is 17.1 Å². The van der Waals surface area contributed by atoms with E-state index < -0.39 is 0 Å². The first-order valence-corrected chi connectivity index (χ1v) is 5.71. The number of pyridine rings is 1. The molecule has 0 aliphatic rings. The number of Topliss-reactive ketones (excluding diaryl/α,β-unsaturated/α-hetero) is 1. The molecule has 0 spiro atoms. The summed E-state index contributed by atoms with van der Waals surface area (Å²) in [5.74, 6) is 0.758. The second kappa shape index (κ2) is 6.53. The molecule has 0 unspecified atom stereocenters. The summed E-state index contributed by atoms with van der Waals surface area (Å²) in [5, 5.41) is 11.7. The van der Waals surface area contributed by atoms with Crippen molar-refractivity contribution in [1.29, 1.82) is 0 Å². The molecule has 0 fully saturated rings. The third-order valence-electron chi connectivity index (χ3n) is 2.47. The first-order valence-electron chi connectivity index (χ1n) is 5.71. The van der Waals surface area contributed by atoms with Crippen LogP contribution in [0.4, 0.5) is 11.6 Å². The van der Waals surface area contributed by atoms with E-state index in [-0.39, 0.29) is 5.78 Å². The van der Waals surface area contributed by atoms with Crippen molar-refractivity contribution >= 4 is 34.6 Å². The summed E-state index contributed by atoms with van der Waals surface area (Å²) >= 11 is 0. The molecule has 1 aromatic heterocycles. The Hall–Kier alpha value is -2.37. The van der Waals surface area contributed by atoms with E-state index in [1.807, 2.05) is 0 Å². The average Bonchev–Trinajstić information content (AvgIpc) is 2.37. The second-order valence-corrected chi connectivity index (χ2v) is 3.99. The minimum Gasteiger partial charge on any atom is -0.411 e. The van der Waals surface area contributed by atoms with Gasteiger partial charge in [-0.25, -0.2) is 15.0 Å². The van der Waals surface area contributed by atoms with Gasteiger partial charge in [0.2, 0.25) is 0 Å². The topological polar surface area (TPSA) is 87.3 Å². The number of rotatable bonds is 4. The van der Waals surface area contributed by atoms with E-state index in [9.17, 15) is 4.79 Å². The molecule has 0 amide bonds. The van der Waals surface area contributed by atoms with Crippen LogP contribution in [0.25, 0.3) is 0 Å². The Balaban J connectivity index is 3.08. The zero-order valence-electron chi connectivity index (χ0n) is 11.4. The predicted octanol–water partition coefficient (Wildman–Crippen LogP) is 2.71. The van der Waals surface area contributed by atoms with E-state index in [0.29, 0.717) is 28.8 Å². The molecule has 0 saturated heterocycles. The summed E-state index contributed by atoms with van der Waals surface area (Å²) in [5.41, 5.74) is 1.36. The molecule has 1 rings (SSSR count). The molecule has 1 heterocycles. The van der Waals surface area contributed by atoms with Crippen molar-refractivity contribution < 1.29 is 10.0 Å². The predicted molar refractivity (Wildman–Crippen MR) is 75.4 cm³/mol. The fourth-order valence-electron chi connectivity index (χ4n) is 1.11. The molecule has 0 atom stereocenters. The lowest BCUT2D eigenvalue weighted by Crippen LogP contribution is -2.05. The smallest absolute Gasteiger partial charge is 0.173 e. The Morgan fingerprint density at radius 1 is 1.00 bits per heavy atom. The molecule has 0 aliphatic carbocycles. The van der Waals surface area contributed by atoms with Gasteiger partial charge >= 0.3 is 0 Å². The average molecular weight is 260 g/mol. The van der Waals surface area contributed by atoms with E-state index in [0.717, 1.165) is 0 Å². The van der Waals surface area contributed by atoms with E-state index in [1.54, 1.807) is 39.0 Å². The number of ketones is 1. The summed E-state index contributed by atoms with van der Waals surface area (Å²) in [7, 11) is 0. The highest BCUT2D eigenvalue weighted by Crippen LogP contribution is 2.15. The lowest BCUT2D eigenvalue weighted by atomic mass is 10.3. The molecule has 0 aliphatic heterocycles. The normalized spacial score (nSPS) is 13.6. The molecular weight excluding hydrogens is 244 g/mol. The van der Waals surface area contributed by atoms with Crippen molar-refractivity contribution in [3.05, 3.63) is 18.2 Å². The second-order valence-electron chi connectivity index (χ2n) is 3.99. The van der Waals surface area contributed by atoms with Crippen LogP contribution in [0.15, 0.2) is 33.3 Å². The van der Waals surface area contributed by atoms with Gasteiger partial charge in [0.1, 0.15) is 0 Å². The number of hydrogen-bond donors (Lipinski definition) is 1. The summed E-state index contributed by atoms with van der Waals surface area (Å²) in [6, 6.07) is 5.14. The fraction of sp³-hybridized carbons (Fsp3) is 0.308. The van der Waals surface area contributed by atoms with Gasteiger partial charge in [-0.05, 0) is 32.9 Å². The molecule has 19 heavy (non-hydrogen) atoms. The van der Waals surface area contributed by atoms with E-state index in [1.165, 1.54) is 6.92 Å². The molecule has 1 aromatic rings. The molecular formula is C13H16N4O2. The highest BCUT2D eigenvalue weighted by Gasteiger charge is 2.02. The van der Waals surface area contributed by atoms with Crippen LogP contribution in [-0.2, 0) is 4.79 Å². The summed E-state index contributed by atoms with van der Waals surface area (Å²) in [6.07, 6.45) is 0. The first kappa shape index (κ1) is 14.7. The largest absolute Gasteiger partial charge is 0.411 e. The number of hydrogen-bond acceptors (Lipinski definition) is 6. The molecule has 6 heteroatoms. The lowest BCUT2D eigenvalue weighted by molar-refractivity contribution is -0.111. The van der Waals surface area contributed by atoms with Crippen molar-refractivity contribution in [2.24, 2.45) is 15.1 Å². The zero-order valence-corrected chi connectivity index (χ0v) is 11.4. The summed E-state index contributed by atoms with van der Waals surface area (Å²) < 4.78 is 0. The van der Waals surface area contributed by atoms with Gasteiger partial charge in [0.25, 0.3) is 0 Å². The summed E-state index contributed by atoms with van der Waals surface area (Å²) in [6.45, 7) is 6.44. The fourth-order valence-corrected chi connectivity index (χ4v) is 1.11. The number of carbonyl (C=O) groups excluding carboxylic acids is 1. The third kappa shape index (κ3) is 4.42. The monoisotopic (exact) mass is 260 g/mol. The van der Waals surface area contributed by atoms with Crippen LogP contribution in [0.1, 0.15) is 27.7 Å². The zero-order chi connectivity index (χ0) is 14.4. The van der Waals surface area contributed by atoms with E-state index >= 15 is 0 Å². The van der Waals surface area contributed by atoms with E-state index in [4.69, 9.17) is 5.21 Å². The molecule has 0 aromatic carbocycles. The molecule has 0 saturated carbocycles. The van der Waals surface area contributed by atoms with Gasteiger partial charge in [-0.2, -0.15) is 0 Å². The number of aliphatic imine (C=N–C) groups is 2. The number of aromatic nitrogens is 1. The standard InChI is InChI=1S/C13H16N4O2/c1-8(9(2)17-19)14-12-6-5-7-13(16-12)15-10(3)11(4)18/h5-7,19H,1-4H3/b14-8?,15-10+,17-9+. The van der Waals surface area contributed by atoms with Gasteiger partial charge in [-0.15, -0.1) is 0 Å². The lowest BCUT2D eigenvalue weighted by Gasteiger charge is -2.00. The van der Waals surface area contributed by atoms with Crippen molar-refractivity contribution in [2.45, 2.75) is 27.7 Å². The van der Waals surface area contributed by atoms with Crippen molar-refractivity contribution in [3.8, 4) is 0 Å². The molecule has 100 valence electrons. The maximum Gasteiger partial charge on any atom is 0.173 e. The van der Waals surface area contributed by atoms with Gasteiger partial charge in [0.15, 0.2) is 17.4 Å². The molecule has 1 N–H and O–H groups in total. The van der Waals surface area contributed by atoms with Crippen molar-refractivity contribution in [2.75, 3.05) is 0 Å². The first-order chi connectivity index (χ1) is 8.93. The summed E-state index contributed by atoms with van der Waals surface area (Å²) in [4.78, 5) is 23.6. The van der Waals surface area contributed by atoms with Crippen LogP contribution in [0.3, 0.4) is 0 Å². The number of nitrogens with zero attached hydrogens (tertiary/aromatic N) is 4. The Labute approximate surface area is 111 Å². The van der Waals surface area contributed by atoms with Gasteiger partial charge in [-0.3, -0.25) is 4.79 Å². The minimum atomic E-state index is -0.102. The van der Waals surface area contributed by atoms with Crippen LogP contribution in [0, 0.1) is 0 Å². The van der Waals surface area contributed by atoms with Gasteiger partial charge in [-0.1, -0.05) is 11.2 Å². The van der Waals surface area contributed by atoms with E-state index in [2.05, 4.69) is 20.1 Å². The van der Waals surface area contributed by atoms with Crippen molar-refractivity contribution in [3.63, 3.8) is 0 Å². The highest BCUT2D eigenvalue weighted by molar-refractivity contribution is 6.40. The number of carbonyl (C=O) groups is 1. The Morgan fingerprint density at radius 2 is 1.53 bits per heavy atom. The minimum absolute atomic E-state index is 0.102. The SMILES string of the molecule is CC(=O)/C(C)=N/c1cccc(N=C(C)/C(C)=N/O)n1. The van der Waals surface area contributed by atoms with Crippen molar-refractivity contribution in [1.82, 2.24) is 4.98 Å².